The van der Waals surface area contributed by atoms with Crippen molar-refractivity contribution in [2.45, 2.75) is 12.5 Å². The van der Waals surface area contributed by atoms with E-state index in [1.165, 1.54) is 12.1 Å². The van der Waals surface area contributed by atoms with Crippen LogP contribution >= 0.6 is 0 Å². The molecule has 0 spiro atoms. The molecule has 2 nitrogen and oxygen atoms in total. The molecule has 0 N–H and O–H groups in total. The van der Waals surface area contributed by atoms with Crippen LogP contribution in [0.2, 0.25) is 0 Å². The number of nitrogens with zero attached hydrogens (tertiary/aromatic N) is 1. The molecular formula is C10H8FNO. The van der Waals surface area contributed by atoms with Gasteiger partial charge in [-0.2, -0.15) is 5.26 Å². The lowest BCUT2D eigenvalue weighted by atomic mass is 9.98. The average Bonchev–Trinajstić information content (AvgIpc) is 2.16. The number of fused-ring (bicyclic) bond motifs is 1. The third kappa shape index (κ3) is 1.41. The van der Waals surface area contributed by atoms with E-state index < -0.39 is 6.10 Å². The minimum absolute atomic E-state index is 0.252. The van der Waals surface area contributed by atoms with Crippen LogP contribution in [0.1, 0.15) is 17.2 Å². The van der Waals surface area contributed by atoms with Crippen LogP contribution in [0.25, 0.3) is 0 Å². The lowest BCUT2D eigenvalue weighted by Crippen LogP contribution is -2.15. The molecule has 0 saturated heterocycles. The van der Waals surface area contributed by atoms with Gasteiger partial charge in [0.25, 0.3) is 0 Å². The minimum Gasteiger partial charge on any atom is -0.358 e. The number of nitriles is 1. The van der Waals surface area contributed by atoms with Crippen LogP contribution in [0, 0.1) is 17.1 Å². The zero-order chi connectivity index (χ0) is 9.26. The predicted molar refractivity (Wildman–Crippen MR) is 44.4 cm³/mol. The Morgan fingerprint density at radius 1 is 1.54 bits per heavy atom. The lowest BCUT2D eigenvalue weighted by molar-refractivity contribution is 0.0798. The molecule has 0 aliphatic carbocycles. The maximum Gasteiger partial charge on any atom is 0.169 e. The minimum atomic E-state index is -0.524. The smallest absolute Gasteiger partial charge is 0.169 e. The van der Waals surface area contributed by atoms with Crippen LogP contribution in [-0.4, -0.2) is 6.61 Å². The average molecular weight is 177 g/mol. The predicted octanol–water partition coefficient (Wildman–Crippen LogP) is 1.96. The van der Waals surface area contributed by atoms with Crippen molar-refractivity contribution in [3.8, 4) is 6.07 Å². The van der Waals surface area contributed by atoms with Crippen LogP contribution in [0.4, 0.5) is 4.39 Å². The Morgan fingerprint density at radius 2 is 2.38 bits per heavy atom. The van der Waals surface area contributed by atoms with Gasteiger partial charge in [-0.3, -0.25) is 0 Å². The standard InChI is InChI=1S/C10H8FNO/c11-8-1-2-9-7(5-8)3-4-13-10(9)6-12/h1-2,5,10H,3-4H2. The summed E-state index contributed by atoms with van der Waals surface area (Å²) in [5.41, 5.74) is 1.69. The summed E-state index contributed by atoms with van der Waals surface area (Å²) in [5, 5.41) is 8.74. The Morgan fingerprint density at radius 3 is 3.15 bits per heavy atom. The summed E-state index contributed by atoms with van der Waals surface area (Å²) < 4.78 is 18.0. The van der Waals surface area contributed by atoms with Gasteiger partial charge < -0.3 is 4.74 Å². The Balaban J connectivity index is 2.47. The van der Waals surface area contributed by atoms with Crippen molar-refractivity contribution < 1.29 is 9.13 Å². The fourth-order valence-electron chi connectivity index (χ4n) is 1.53. The van der Waals surface area contributed by atoms with E-state index in [2.05, 4.69) is 0 Å². The molecule has 1 aliphatic rings. The van der Waals surface area contributed by atoms with E-state index >= 15 is 0 Å². The number of ether oxygens (including phenoxy) is 1. The van der Waals surface area contributed by atoms with Gasteiger partial charge in [0.15, 0.2) is 6.10 Å². The Kier molecular flexibility index (Phi) is 1.99. The first-order valence-corrected chi connectivity index (χ1v) is 4.11. The van der Waals surface area contributed by atoms with E-state index in [1.807, 2.05) is 6.07 Å². The second-order valence-electron chi connectivity index (χ2n) is 2.97. The largest absolute Gasteiger partial charge is 0.358 e. The summed E-state index contributed by atoms with van der Waals surface area (Å²) in [5.74, 6) is -0.252. The van der Waals surface area contributed by atoms with Crippen LogP contribution in [0.5, 0.6) is 0 Å². The highest BCUT2D eigenvalue weighted by Crippen LogP contribution is 2.26. The molecule has 1 aliphatic heterocycles. The van der Waals surface area contributed by atoms with E-state index in [-0.39, 0.29) is 5.82 Å². The van der Waals surface area contributed by atoms with Gasteiger partial charge in [-0.05, 0) is 29.7 Å². The third-order valence-electron chi connectivity index (χ3n) is 2.16. The molecule has 1 aromatic carbocycles. The van der Waals surface area contributed by atoms with Crippen LogP contribution in [-0.2, 0) is 11.2 Å². The molecule has 0 aromatic heterocycles. The van der Waals surface area contributed by atoms with Crippen molar-refractivity contribution in [1.29, 1.82) is 5.26 Å². The van der Waals surface area contributed by atoms with Crippen LogP contribution < -0.4 is 0 Å². The summed E-state index contributed by atoms with van der Waals surface area (Å²) in [4.78, 5) is 0. The zero-order valence-corrected chi connectivity index (χ0v) is 6.96. The molecule has 0 fully saturated rings. The van der Waals surface area contributed by atoms with Gasteiger partial charge in [0, 0.05) is 0 Å². The molecule has 0 amide bonds. The molecule has 1 aromatic rings. The molecule has 13 heavy (non-hydrogen) atoms. The fourth-order valence-corrected chi connectivity index (χ4v) is 1.53. The highest BCUT2D eigenvalue weighted by molar-refractivity contribution is 5.34. The summed E-state index contributed by atoms with van der Waals surface area (Å²) in [6.45, 7) is 0.495. The van der Waals surface area contributed by atoms with Crippen molar-refractivity contribution >= 4 is 0 Å². The van der Waals surface area contributed by atoms with Crippen molar-refractivity contribution in [2.24, 2.45) is 0 Å². The van der Waals surface area contributed by atoms with Gasteiger partial charge in [0.2, 0.25) is 0 Å². The molecule has 2 rings (SSSR count). The first-order chi connectivity index (χ1) is 6.31. The van der Waals surface area contributed by atoms with Crippen molar-refractivity contribution in [3.05, 3.63) is 35.1 Å². The maximum atomic E-state index is 12.8. The highest BCUT2D eigenvalue weighted by Gasteiger charge is 2.20. The fraction of sp³-hybridized carbons (Fsp3) is 0.300. The lowest BCUT2D eigenvalue weighted by Gasteiger charge is -2.20. The Bertz CT molecular complexity index is 370. The molecule has 0 bridgehead atoms. The van der Waals surface area contributed by atoms with Gasteiger partial charge in [-0.1, -0.05) is 6.07 Å². The van der Waals surface area contributed by atoms with Crippen molar-refractivity contribution in [3.63, 3.8) is 0 Å². The first kappa shape index (κ1) is 8.21. The first-order valence-electron chi connectivity index (χ1n) is 4.11. The van der Waals surface area contributed by atoms with E-state index in [0.717, 1.165) is 11.1 Å². The van der Waals surface area contributed by atoms with E-state index in [1.54, 1.807) is 6.07 Å². The van der Waals surface area contributed by atoms with E-state index in [4.69, 9.17) is 10.00 Å². The normalized spacial score (nSPS) is 20.5. The quantitative estimate of drug-likeness (QED) is 0.606. The number of hydrogen-bond acceptors (Lipinski definition) is 2. The number of rotatable bonds is 0. The molecule has 0 saturated carbocycles. The molecular weight excluding hydrogens is 169 g/mol. The summed E-state index contributed by atoms with van der Waals surface area (Å²) in [6.07, 6.45) is 0.162. The summed E-state index contributed by atoms with van der Waals surface area (Å²) in [7, 11) is 0. The van der Waals surface area contributed by atoms with E-state index in [0.29, 0.717) is 13.0 Å². The molecule has 66 valence electrons. The number of benzene rings is 1. The summed E-state index contributed by atoms with van der Waals surface area (Å²) >= 11 is 0. The number of halogens is 1. The highest BCUT2D eigenvalue weighted by atomic mass is 19.1. The van der Waals surface area contributed by atoms with Crippen molar-refractivity contribution in [2.75, 3.05) is 6.61 Å². The zero-order valence-electron chi connectivity index (χ0n) is 6.96. The van der Waals surface area contributed by atoms with Gasteiger partial charge >= 0.3 is 0 Å². The van der Waals surface area contributed by atoms with Crippen molar-refractivity contribution in [1.82, 2.24) is 0 Å². The van der Waals surface area contributed by atoms with Crippen LogP contribution in [0.3, 0.4) is 0 Å². The molecule has 0 radical (unpaired) electrons. The van der Waals surface area contributed by atoms with Gasteiger partial charge in [-0.25, -0.2) is 4.39 Å². The second-order valence-corrected chi connectivity index (χ2v) is 2.97. The topological polar surface area (TPSA) is 33.0 Å². The third-order valence-corrected chi connectivity index (χ3v) is 2.16. The van der Waals surface area contributed by atoms with Gasteiger partial charge in [0.05, 0.1) is 12.7 Å². The molecule has 1 atom stereocenters. The maximum absolute atomic E-state index is 12.8. The van der Waals surface area contributed by atoms with E-state index in [9.17, 15) is 4.39 Å². The monoisotopic (exact) mass is 177 g/mol. The molecule has 3 heteroatoms. The Labute approximate surface area is 75.6 Å². The van der Waals surface area contributed by atoms with Crippen LogP contribution in [0.15, 0.2) is 18.2 Å². The van der Waals surface area contributed by atoms with Gasteiger partial charge in [0.1, 0.15) is 5.82 Å². The SMILES string of the molecule is N#CC1OCCc2cc(F)ccc21. The molecule has 1 heterocycles. The Hall–Kier alpha value is -1.40. The summed E-state index contributed by atoms with van der Waals surface area (Å²) in [6, 6.07) is 6.49. The second kappa shape index (κ2) is 3.15. The van der Waals surface area contributed by atoms with Gasteiger partial charge in [-0.15, -0.1) is 0 Å². The molecule has 1 unspecified atom stereocenters. The number of hydrogen-bond donors (Lipinski definition) is 0.